The molecule has 0 atom stereocenters. The van der Waals surface area contributed by atoms with E-state index in [4.69, 9.17) is 10.2 Å². The van der Waals surface area contributed by atoms with Gasteiger partial charge >= 0.3 is 6.03 Å². The van der Waals surface area contributed by atoms with Crippen molar-refractivity contribution < 1.29 is 9.21 Å². The number of hydrogen-bond acceptors (Lipinski definition) is 3. The molecule has 5 heteroatoms. The Morgan fingerprint density at radius 2 is 2.07 bits per heavy atom. The second-order valence-electron chi connectivity index (χ2n) is 2.90. The predicted octanol–water partition coefficient (Wildman–Crippen LogP) is 0.917. The highest BCUT2D eigenvalue weighted by Gasteiger charge is 1.93. The zero-order chi connectivity index (χ0) is 10.7. The largest absolute Gasteiger partial charge is 0.437 e. The number of benzene rings is 1. The second kappa shape index (κ2) is 3.83. The van der Waals surface area contributed by atoms with E-state index in [2.05, 4.69) is 10.5 Å². The van der Waals surface area contributed by atoms with Gasteiger partial charge in [0.2, 0.25) is 5.55 Å². The van der Waals surface area contributed by atoms with E-state index in [-0.39, 0.29) is 0 Å². The number of para-hydroxylation sites is 1. The van der Waals surface area contributed by atoms with Crippen LogP contribution in [0.4, 0.5) is 4.79 Å². The third-order valence-electron chi connectivity index (χ3n) is 1.82. The Bertz CT molecular complexity index is 560. The maximum Gasteiger partial charge on any atom is 0.332 e. The van der Waals surface area contributed by atoms with Gasteiger partial charge in [0.1, 0.15) is 5.58 Å². The summed E-state index contributed by atoms with van der Waals surface area (Å²) in [5.74, 6) is 0. The molecule has 0 spiro atoms. The van der Waals surface area contributed by atoms with Crippen LogP contribution in [0.15, 0.2) is 45.9 Å². The highest BCUT2D eigenvalue weighted by Crippen LogP contribution is 2.09. The van der Waals surface area contributed by atoms with Crippen LogP contribution in [0.25, 0.3) is 11.0 Å². The molecule has 0 fully saturated rings. The normalized spacial score (nSPS) is 11.6. The molecule has 1 aromatic heterocycles. The number of primary amides is 1. The zero-order valence-electron chi connectivity index (χ0n) is 7.81. The first-order valence-corrected chi connectivity index (χ1v) is 4.34. The number of rotatable bonds is 1. The van der Waals surface area contributed by atoms with Crippen LogP contribution >= 0.6 is 0 Å². The van der Waals surface area contributed by atoms with Gasteiger partial charge in [-0.05, 0) is 12.1 Å². The SMILES string of the molecule is NC(=O)NN=c1ccc2ccccc2o1. The van der Waals surface area contributed by atoms with Gasteiger partial charge in [-0.3, -0.25) is 0 Å². The van der Waals surface area contributed by atoms with E-state index in [0.29, 0.717) is 11.1 Å². The van der Waals surface area contributed by atoms with Crippen LogP contribution in [-0.2, 0) is 0 Å². The number of carbonyl (C=O) groups excluding carboxylic acids is 1. The number of hydrogen-bond donors (Lipinski definition) is 2. The lowest BCUT2D eigenvalue weighted by Gasteiger charge is -1.95. The summed E-state index contributed by atoms with van der Waals surface area (Å²) in [6.45, 7) is 0. The molecule has 5 nitrogen and oxygen atoms in total. The van der Waals surface area contributed by atoms with Gasteiger partial charge in [-0.2, -0.15) is 0 Å². The van der Waals surface area contributed by atoms with Gasteiger partial charge in [0.15, 0.2) is 0 Å². The van der Waals surface area contributed by atoms with Crippen LogP contribution in [0.1, 0.15) is 0 Å². The van der Waals surface area contributed by atoms with Crippen molar-refractivity contribution in [1.82, 2.24) is 5.43 Å². The van der Waals surface area contributed by atoms with Crippen molar-refractivity contribution in [2.24, 2.45) is 10.8 Å². The van der Waals surface area contributed by atoms with Crippen molar-refractivity contribution in [3.05, 3.63) is 42.0 Å². The second-order valence-corrected chi connectivity index (χ2v) is 2.90. The third kappa shape index (κ3) is 2.14. The molecule has 0 aliphatic carbocycles. The molecule has 1 aromatic carbocycles. The van der Waals surface area contributed by atoms with Crippen LogP contribution in [0.2, 0.25) is 0 Å². The lowest BCUT2D eigenvalue weighted by molar-refractivity contribution is 0.248. The zero-order valence-corrected chi connectivity index (χ0v) is 7.81. The number of nitrogens with zero attached hydrogens (tertiary/aromatic N) is 1. The summed E-state index contributed by atoms with van der Waals surface area (Å²) < 4.78 is 5.38. The van der Waals surface area contributed by atoms with Crippen molar-refractivity contribution in [2.75, 3.05) is 0 Å². The van der Waals surface area contributed by atoms with Crippen molar-refractivity contribution in [2.45, 2.75) is 0 Å². The molecule has 76 valence electrons. The van der Waals surface area contributed by atoms with Gasteiger partial charge in [-0.15, -0.1) is 5.10 Å². The van der Waals surface area contributed by atoms with Crippen LogP contribution < -0.4 is 16.7 Å². The summed E-state index contributed by atoms with van der Waals surface area (Å²) in [6.07, 6.45) is 0. The molecule has 0 radical (unpaired) electrons. The highest BCUT2D eigenvalue weighted by molar-refractivity contribution is 5.75. The van der Waals surface area contributed by atoms with Crippen molar-refractivity contribution in [3.63, 3.8) is 0 Å². The Balaban J connectivity index is 2.47. The minimum atomic E-state index is -0.724. The number of carbonyl (C=O) groups is 1. The van der Waals surface area contributed by atoms with Gasteiger partial charge in [0, 0.05) is 11.5 Å². The molecule has 1 heterocycles. The van der Waals surface area contributed by atoms with Gasteiger partial charge in [0.05, 0.1) is 0 Å². The number of urea groups is 1. The third-order valence-corrected chi connectivity index (χ3v) is 1.82. The van der Waals surface area contributed by atoms with Gasteiger partial charge in [0.25, 0.3) is 0 Å². The number of amides is 2. The molecule has 15 heavy (non-hydrogen) atoms. The van der Waals surface area contributed by atoms with E-state index in [0.717, 1.165) is 5.39 Å². The van der Waals surface area contributed by atoms with Crippen LogP contribution in [0.5, 0.6) is 0 Å². The van der Waals surface area contributed by atoms with Crippen LogP contribution in [0.3, 0.4) is 0 Å². The van der Waals surface area contributed by atoms with Gasteiger partial charge < -0.3 is 10.2 Å². The average Bonchev–Trinajstić information content (AvgIpc) is 2.26. The Hall–Kier alpha value is -2.30. The Morgan fingerprint density at radius 1 is 1.27 bits per heavy atom. The molecule has 0 aliphatic heterocycles. The van der Waals surface area contributed by atoms with E-state index >= 15 is 0 Å². The van der Waals surface area contributed by atoms with E-state index in [9.17, 15) is 4.79 Å². The summed E-state index contributed by atoms with van der Waals surface area (Å²) in [5.41, 5.74) is 7.96. The Kier molecular flexibility index (Phi) is 2.37. The van der Waals surface area contributed by atoms with Crippen LogP contribution in [-0.4, -0.2) is 6.03 Å². The minimum Gasteiger partial charge on any atom is -0.437 e. The lowest BCUT2D eigenvalue weighted by atomic mass is 10.2. The first-order chi connectivity index (χ1) is 7.25. The number of nitrogens with one attached hydrogen (secondary N) is 1. The summed E-state index contributed by atoms with van der Waals surface area (Å²) in [5, 5.41) is 4.63. The highest BCUT2D eigenvalue weighted by atomic mass is 16.3. The fourth-order valence-corrected chi connectivity index (χ4v) is 1.19. The maximum atomic E-state index is 10.4. The molecular formula is C10H9N3O2. The van der Waals surface area contributed by atoms with E-state index in [1.165, 1.54) is 0 Å². The molecule has 3 N–H and O–H groups in total. The van der Waals surface area contributed by atoms with Gasteiger partial charge in [-0.1, -0.05) is 18.2 Å². The van der Waals surface area contributed by atoms with Crippen LogP contribution in [0, 0.1) is 0 Å². The lowest BCUT2D eigenvalue weighted by Crippen LogP contribution is -2.26. The summed E-state index contributed by atoms with van der Waals surface area (Å²) in [7, 11) is 0. The summed E-state index contributed by atoms with van der Waals surface area (Å²) in [6, 6.07) is 10.3. The van der Waals surface area contributed by atoms with E-state index < -0.39 is 6.03 Å². The van der Waals surface area contributed by atoms with Crippen molar-refractivity contribution in [3.8, 4) is 0 Å². The molecule has 2 aromatic rings. The van der Waals surface area contributed by atoms with Crippen molar-refractivity contribution in [1.29, 1.82) is 0 Å². The van der Waals surface area contributed by atoms with Gasteiger partial charge in [-0.25, -0.2) is 10.2 Å². The molecule has 0 saturated carbocycles. The smallest absolute Gasteiger partial charge is 0.332 e. The molecular weight excluding hydrogens is 194 g/mol. The number of fused-ring (bicyclic) bond motifs is 1. The quantitative estimate of drug-likeness (QED) is 0.675. The molecule has 0 bridgehead atoms. The first-order valence-electron chi connectivity index (χ1n) is 4.34. The molecule has 2 rings (SSSR count). The molecule has 2 amide bonds. The summed E-state index contributed by atoms with van der Waals surface area (Å²) in [4.78, 5) is 10.4. The van der Waals surface area contributed by atoms with E-state index in [1.54, 1.807) is 6.07 Å². The maximum absolute atomic E-state index is 10.4. The molecule has 0 aliphatic rings. The predicted molar refractivity (Wildman–Crippen MR) is 54.5 cm³/mol. The van der Waals surface area contributed by atoms with Crippen molar-refractivity contribution >= 4 is 17.0 Å². The Labute approximate surface area is 85.2 Å². The first kappa shape index (κ1) is 9.26. The topological polar surface area (TPSA) is 80.6 Å². The monoisotopic (exact) mass is 203 g/mol. The summed E-state index contributed by atoms with van der Waals surface area (Å²) >= 11 is 0. The molecule has 0 unspecified atom stereocenters. The van der Waals surface area contributed by atoms with E-state index in [1.807, 2.05) is 30.3 Å². The molecule has 0 saturated heterocycles. The number of nitrogens with two attached hydrogens (primary N) is 1. The fraction of sp³-hybridized carbons (Fsp3) is 0. The minimum absolute atomic E-state index is 0.299. The Morgan fingerprint density at radius 3 is 2.87 bits per heavy atom. The standard InChI is InChI=1S/C10H9N3O2/c11-10(14)13-12-9-6-5-7-3-1-2-4-8(7)15-9/h1-6H,(H3,11,13,14). The average molecular weight is 203 g/mol. The fourth-order valence-electron chi connectivity index (χ4n) is 1.19.